The first kappa shape index (κ1) is 15.2. The van der Waals surface area contributed by atoms with E-state index in [1.807, 2.05) is 13.8 Å². The summed E-state index contributed by atoms with van der Waals surface area (Å²) in [5.74, 6) is 0. The minimum absolute atomic E-state index is 0.214. The van der Waals surface area contributed by atoms with Crippen LogP contribution >= 0.6 is 12.2 Å². The van der Waals surface area contributed by atoms with Gasteiger partial charge in [0.1, 0.15) is 4.99 Å². The van der Waals surface area contributed by atoms with Gasteiger partial charge in [-0.2, -0.15) is 0 Å². The Labute approximate surface area is 125 Å². The van der Waals surface area contributed by atoms with E-state index in [0.717, 1.165) is 55.4 Å². The van der Waals surface area contributed by atoms with Crippen molar-refractivity contribution < 1.29 is 5.11 Å². The number of piperazine rings is 1. The van der Waals surface area contributed by atoms with E-state index in [1.165, 1.54) is 0 Å². The highest BCUT2D eigenvalue weighted by molar-refractivity contribution is 7.80. The van der Waals surface area contributed by atoms with Gasteiger partial charge in [-0.05, 0) is 19.9 Å². The Kier molecular flexibility index (Phi) is 4.91. The standard InChI is InChI=1S/C14H22N4OS/c1-10-9-12(13(14(15)20)11(2)16-10)18-5-3-17(4-6-18)7-8-19/h9,19H,3-8H2,1-2H3,(H2,15,20). The predicted molar refractivity (Wildman–Crippen MR) is 85.3 cm³/mol. The van der Waals surface area contributed by atoms with Crippen molar-refractivity contribution in [2.75, 3.05) is 44.2 Å². The number of hydrogen-bond donors (Lipinski definition) is 2. The zero-order valence-electron chi connectivity index (χ0n) is 12.1. The summed E-state index contributed by atoms with van der Waals surface area (Å²) in [7, 11) is 0. The number of aryl methyl sites for hydroxylation is 2. The molecule has 2 rings (SSSR count). The summed E-state index contributed by atoms with van der Waals surface area (Å²) in [5, 5.41) is 8.99. The quantitative estimate of drug-likeness (QED) is 0.786. The number of β-amino-alcohol motifs (C(OH)–C–C–N with tert-alkyl or cyclic N) is 1. The zero-order chi connectivity index (χ0) is 14.7. The van der Waals surface area contributed by atoms with Crippen LogP contribution in [-0.2, 0) is 0 Å². The summed E-state index contributed by atoms with van der Waals surface area (Å²) >= 11 is 5.18. The molecule has 1 aromatic heterocycles. The molecule has 1 aliphatic rings. The summed E-state index contributed by atoms with van der Waals surface area (Å²) in [6.45, 7) is 8.61. The number of rotatable bonds is 4. The maximum Gasteiger partial charge on any atom is 0.107 e. The zero-order valence-corrected chi connectivity index (χ0v) is 12.9. The average Bonchev–Trinajstić information content (AvgIpc) is 2.38. The van der Waals surface area contributed by atoms with Crippen molar-refractivity contribution in [1.82, 2.24) is 9.88 Å². The molecule has 0 unspecified atom stereocenters. The second kappa shape index (κ2) is 6.47. The topological polar surface area (TPSA) is 65.6 Å². The molecule has 0 aliphatic carbocycles. The molecule has 1 fully saturated rings. The third kappa shape index (κ3) is 3.26. The fourth-order valence-electron chi connectivity index (χ4n) is 2.72. The van der Waals surface area contributed by atoms with Crippen molar-refractivity contribution in [1.29, 1.82) is 0 Å². The van der Waals surface area contributed by atoms with Gasteiger partial charge < -0.3 is 15.7 Å². The van der Waals surface area contributed by atoms with Crippen LogP contribution in [0.4, 0.5) is 5.69 Å². The summed E-state index contributed by atoms with van der Waals surface area (Å²) in [6.07, 6.45) is 0. The Morgan fingerprint density at radius 3 is 2.55 bits per heavy atom. The van der Waals surface area contributed by atoms with Crippen LogP contribution < -0.4 is 10.6 Å². The molecule has 0 aromatic carbocycles. The number of nitrogens with zero attached hydrogens (tertiary/aromatic N) is 3. The fourth-order valence-corrected chi connectivity index (χ4v) is 2.97. The van der Waals surface area contributed by atoms with Crippen molar-refractivity contribution in [2.45, 2.75) is 13.8 Å². The van der Waals surface area contributed by atoms with E-state index in [0.29, 0.717) is 4.99 Å². The third-order valence-corrected chi connectivity index (χ3v) is 3.89. The minimum atomic E-state index is 0.214. The highest BCUT2D eigenvalue weighted by Gasteiger charge is 2.21. The number of pyridine rings is 1. The molecule has 0 atom stereocenters. The van der Waals surface area contributed by atoms with Crippen molar-refractivity contribution in [3.63, 3.8) is 0 Å². The molecule has 5 nitrogen and oxygen atoms in total. The van der Waals surface area contributed by atoms with Gasteiger partial charge >= 0.3 is 0 Å². The van der Waals surface area contributed by atoms with Gasteiger partial charge in [0.05, 0.1) is 17.9 Å². The largest absolute Gasteiger partial charge is 0.395 e. The second-order valence-electron chi connectivity index (χ2n) is 5.16. The lowest BCUT2D eigenvalue weighted by molar-refractivity contribution is 0.189. The molecular weight excluding hydrogens is 272 g/mol. The number of thiocarbonyl (C=S) groups is 1. The van der Waals surface area contributed by atoms with Gasteiger partial charge in [0.15, 0.2) is 0 Å². The molecule has 0 radical (unpaired) electrons. The Morgan fingerprint density at radius 1 is 1.35 bits per heavy atom. The summed E-state index contributed by atoms with van der Waals surface area (Å²) in [6, 6.07) is 2.06. The summed E-state index contributed by atoms with van der Waals surface area (Å²) < 4.78 is 0. The number of hydrogen-bond acceptors (Lipinski definition) is 5. The molecule has 0 amide bonds. The summed E-state index contributed by atoms with van der Waals surface area (Å²) in [5.41, 5.74) is 9.72. The lowest BCUT2D eigenvalue weighted by Crippen LogP contribution is -2.47. The molecule has 0 bridgehead atoms. The first-order valence-corrected chi connectivity index (χ1v) is 7.30. The van der Waals surface area contributed by atoms with Crippen molar-refractivity contribution in [3.8, 4) is 0 Å². The SMILES string of the molecule is Cc1cc(N2CCN(CCO)CC2)c(C(N)=S)c(C)n1. The molecule has 6 heteroatoms. The van der Waals surface area contributed by atoms with Crippen LogP contribution in [0.5, 0.6) is 0 Å². The van der Waals surface area contributed by atoms with Crippen LogP contribution in [0.3, 0.4) is 0 Å². The van der Waals surface area contributed by atoms with E-state index >= 15 is 0 Å². The minimum Gasteiger partial charge on any atom is -0.395 e. The van der Waals surface area contributed by atoms with Gasteiger partial charge in [-0.3, -0.25) is 9.88 Å². The Morgan fingerprint density at radius 2 is 2.00 bits per heavy atom. The molecule has 1 aromatic rings. The van der Waals surface area contributed by atoms with Gasteiger partial charge in [-0.15, -0.1) is 0 Å². The van der Waals surface area contributed by atoms with Gasteiger partial charge in [-0.25, -0.2) is 0 Å². The number of aromatic nitrogens is 1. The third-order valence-electron chi connectivity index (χ3n) is 3.68. The number of aliphatic hydroxyl groups is 1. The molecule has 2 heterocycles. The maximum atomic E-state index is 8.99. The lowest BCUT2D eigenvalue weighted by Gasteiger charge is -2.37. The van der Waals surface area contributed by atoms with E-state index in [-0.39, 0.29) is 6.61 Å². The van der Waals surface area contributed by atoms with E-state index in [2.05, 4.69) is 20.9 Å². The first-order valence-electron chi connectivity index (χ1n) is 6.89. The van der Waals surface area contributed by atoms with Crippen molar-refractivity contribution >= 4 is 22.9 Å². The molecule has 1 aliphatic heterocycles. The van der Waals surface area contributed by atoms with E-state index < -0.39 is 0 Å². The van der Waals surface area contributed by atoms with E-state index in [4.69, 9.17) is 23.1 Å². The van der Waals surface area contributed by atoms with E-state index in [1.54, 1.807) is 0 Å². The molecule has 0 saturated carbocycles. The van der Waals surface area contributed by atoms with Crippen LogP contribution in [-0.4, -0.2) is 59.3 Å². The van der Waals surface area contributed by atoms with Crippen LogP contribution in [0.15, 0.2) is 6.07 Å². The number of aliphatic hydroxyl groups excluding tert-OH is 1. The highest BCUT2D eigenvalue weighted by Crippen LogP contribution is 2.25. The van der Waals surface area contributed by atoms with Crippen LogP contribution in [0.1, 0.15) is 17.0 Å². The molecule has 110 valence electrons. The predicted octanol–water partition coefficient (Wildman–Crippen LogP) is 0.447. The smallest absolute Gasteiger partial charge is 0.107 e. The normalized spacial score (nSPS) is 16.4. The fraction of sp³-hybridized carbons (Fsp3) is 0.571. The molecule has 3 N–H and O–H groups in total. The first-order chi connectivity index (χ1) is 9.52. The van der Waals surface area contributed by atoms with Crippen LogP contribution in [0.25, 0.3) is 0 Å². The Balaban J connectivity index is 2.23. The van der Waals surface area contributed by atoms with Crippen molar-refractivity contribution in [2.24, 2.45) is 5.73 Å². The van der Waals surface area contributed by atoms with Crippen LogP contribution in [0.2, 0.25) is 0 Å². The molecule has 1 saturated heterocycles. The van der Waals surface area contributed by atoms with Crippen LogP contribution in [0, 0.1) is 13.8 Å². The van der Waals surface area contributed by atoms with E-state index in [9.17, 15) is 0 Å². The average molecular weight is 294 g/mol. The Hall–Kier alpha value is -1.24. The molecule has 20 heavy (non-hydrogen) atoms. The number of nitrogens with two attached hydrogens (primary N) is 1. The molecular formula is C14H22N4OS. The van der Waals surface area contributed by atoms with Gasteiger partial charge in [0, 0.05) is 44.1 Å². The summed E-state index contributed by atoms with van der Waals surface area (Å²) in [4.78, 5) is 9.43. The van der Waals surface area contributed by atoms with Gasteiger partial charge in [0.2, 0.25) is 0 Å². The monoisotopic (exact) mass is 294 g/mol. The van der Waals surface area contributed by atoms with Gasteiger partial charge in [-0.1, -0.05) is 12.2 Å². The van der Waals surface area contributed by atoms with Crippen molar-refractivity contribution in [3.05, 3.63) is 23.0 Å². The lowest BCUT2D eigenvalue weighted by atomic mass is 10.1. The second-order valence-corrected chi connectivity index (χ2v) is 5.60. The molecule has 0 spiro atoms. The van der Waals surface area contributed by atoms with Gasteiger partial charge in [0.25, 0.3) is 0 Å². The number of anilines is 1. The maximum absolute atomic E-state index is 8.99. The highest BCUT2D eigenvalue weighted by atomic mass is 32.1. The Bertz CT molecular complexity index is 498.